The van der Waals surface area contributed by atoms with Crippen molar-refractivity contribution in [1.82, 2.24) is 19.6 Å². The van der Waals surface area contributed by atoms with Crippen molar-refractivity contribution in [2.75, 3.05) is 13.1 Å². The minimum Gasteiger partial charge on any atom is -0.356 e. The summed E-state index contributed by atoms with van der Waals surface area (Å²) in [6, 6.07) is 14.2. The number of rotatable bonds is 4. The van der Waals surface area contributed by atoms with E-state index in [1.165, 1.54) is 35.0 Å². The van der Waals surface area contributed by atoms with Crippen molar-refractivity contribution in [3.05, 3.63) is 99.9 Å². The molecule has 4 heterocycles. The molecule has 40 heavy (non-hydrogen) atoms. The molecule has 1 saturated heterocycles. The molecule has 0 bridgehead atoms. The first-order valence-corrected chi connectivity index (χ1v) is 12.7. The summed E-state index contributed by atoms with van der Waals surface area (Å²) in [6.07, 6.45) is -1.50. The summed E-state index contributed by atoms with van der Waals surface area (Å²) in [5.41, 5.74) is 0.876. The summed E-state index contributed by atoms with van der Waals surface area (Å²) in [6.45, 7) is 3.29. The Hall–Kier alpha value is -3.76. The van der Waals surface area contributed by atoms with E-state index >= 15 is 0 Å². The summed E-state index contributed by atoms with van der Waals surface area (Å²) in [4.78, 5) is 20.3. The van der Waals surface area contributed by atoms with Crippen LogP contribution in [0.5, 0.6) is 0 Å². The van der Waals surface area contributed by atoms with Crippen molar-refractivity contribution in [2.24, 2.45) is 0 Å². The molecule has 6 rings (SSSR count). The van der Waals surface area contributed by atoms with Crippen molar-refractivity contribution in [1.29, 1.82) is 0 Å². The highest BCUT2D eigenvalue weighted by atomic mass is 35.5. The van der Waals surface area contributed by atoms with E-state index in [0.717, 1.165) is 36.1 Å². The summed E-state index contributed by atoms with van der Waals surface area (Å²) < 4.78 is 60.5. The number of halogens is 5. The van der Waals surface area contributed by atoms with Crippen molar-refractivity contribution in [3.8, 4) is 5.69 Å². The Morgan fingerprint density at radius 2 is 1.80 bits per heavy atom. The maximum Gasteiger partial charge on any atom is 0.416 e. The van der Waals surface area contributed by atoms with Gasteiger partial charge in [-0.2, -0.15) is 13.2 Å². The number of pyridine rings is 2. The topological polar surface area (TPSA) is 64.2 Å². The number of piperidine rings is 1. The highest BCUT2D eigenvalue weighted by Gasteiger charge is 2.32. The third-order valence-corrected chi connectivity index (χ3v) is 7.60. The molecule has 1 aliphatic rings. The normalized spacial score (nSPS) is 15.8. The van der Waals surface area contributed by atoms with Gasteiger partial charge in [0.15, 0.2) is 5.58 Å². The Morgan fingerprint density at radius 1 is 1.02 bits per heavy atom. The minimum absolute atomic E-state index is 0. The van der Waals surface area contributed by atoms with Gasteiger partial charge < -0.3 is 4.52 Å². The van der Waals surface area contributed by atoms with Gasteiger partial charge in [-0.25, -0.2) is 9.37 Å². The monoisotopic (exact) mass is 572 g/mol. The number of fused-ring (bicyclic) bond motifs is 2. The fourth-order valence-electron chi connectivity index (χ4n) is 5.51. The molecule has 0 spiro atoms. The predicted octanol–water partition coefficient (Wildman–Crippen LogP) is 7.05. The SMILES string of the molecule is CC(c1cc2cccnc2n(-c2cccc(C(F)(F)F)c2)c1=O)N1CCC(c2noc3cc(F)ccc23)CC1.Cl. The highest BCUT2D eigenvalue weighted by molar-refractivity contribution is 5.85. The van der Waals surface area contributed by atoms with Gasteiger partial charge in [-0.3, -0.25) is 14.3 Å². The van der Waals surface area contributed by atoms with E-state index in [-0.39, 0.29) is 35.9 Å². The number of likely N-dealkylation sites (tertiary alicyclic amines) is 1. The fourth-order valence-corrected chi connectivity index (χ4v) is 5.51. The van der Waals surface area contributed by atoms with Crippen LogP contribution in [0.2, 0.25) is 0 Å². The Balaban J connectivity index is 0.00000323. The minimum atomic E-state index is -4.54. The first-order chi connectivity index (χ1) is 18.7. The molecule has 6 nitrogen and oxygen atoms in total. The Morgan fingerprint density at radius 3 is 2.55 bits per heavy atom. The van der Waals surface area contributed by atoms with Crippen LogP contribution in [-0.2, 0) is 6.18 Å². The standard InChI is InChI=1S/C29H24F4N4O2.ClH/c1-17(36-12-9-18(10-13-36)26-23-8-7-21(30)16-25(23)39-35-26)24-14-19-4-3-11-34-27(19)37(28(24)38)22-6-2-5-20(15-22)29(31,32)33;/h2-8,11,14-18H,9-10,12-13H2,1H3;1H. The molecule has 208 valence electrons. The zero-order valence-electron chi connectivity index (χ0n) is 21.4. The van der Waals surface area contributed by atoms with Crippen LogP contribution in [-0.4, -0.2) is 32.7 Å². The third kappa shape index (κ3) is 4.97. The van der Waals surface area contributed by atoms with Crippen LogP contribution in [0.3, 0.4) is 0 Å². The molecule has 1 unspecified atom stereocenters. The number of benzene rings is 2. The largest absolute Gasteiger partial charge is 0.416 e. The zero-order chi connectivity index (χ0) is 27.3. The molecular formula is C29H25ClF4N4O2. The molecule has 2 aromatic carbocycles. The Kier molecular flexibility index (Phi) is 7.41. The second kappa shape index (κ2) is 10.7. The van der Waals surface area contributed by atoms with Crippen LogP contribution < -0.4 is 5.56 Å². The quantitative estimate of drug-likeness (QED) is 0.216. The molecule has 0 amide bonds. The average Bonchev–Trinajstić information content (AvgIpc) is 3.35. The van der Waals surface area contributed by atoms with Gasteiger partial charge >= 0.3 is 6.18 Å². The first-order valence-electron chi connectivity index (χ1n) is 12.7. The maximum atomic E-state index is 13.8. The van der Waals surface area contributed by atoms with E-state index < -0.39 is 17.3 Å². The van der Waals surface area contributed by atoms with Crippen molar-refractivity contribution in [3.63, 3.8) is 0 Å². The van der Waals surface area contributed by atoms with E-state index in [9.17, 15) is 22.4 Å². The zero-order valence-corrected chi connectivity index (χ0v) is 22.2. The van der Waals surface area contributed by atoms with Gasteiger partial charge in [0.1, 0.15) is 11.5 Å². The molecule has 1 fully saturated rings. The second-order valence-corrected chi connectivity index (χ2v) is 9.90. The third-order valence-electron chi connectivity index (χ3n) is 7.60. The molecule has 1 atom stereocenters. The summed E-state index contributed by atoms with van der Waals surface area (Å²) in [7, 11) is 0. The van der Waals surface area contributed by atoms with Crippen LogP contribution in [0.15, 0.2) is 76.2 Å². The lowest BCUT2D eigenvalue weighted by molar-refractivity contribution is -0.137. The van der Waals surface area contributed by atoms with Crippen LogP contribution >= 0.6 is 12.4 Å². The summed E-state index contributed by atoms with van der Waals surface area (Å²) in [5, 5.41) is 5.67. The molecule has 0 aliphatic carbocycles. The van der Waals surface area contributed by atoms with Gasteiger partial charge in [0, 0.05) is 40.6 Å². The smallest absolute Gasteiger partial charge is 0.356 e. The summed E-state index contributed by atoms with van der Waals surface area (Å²) >= 11 is 0. The van der Waals surface area contributed by atoms with Crippen LogP contribution in [0.4, 0.5) is 17.6 Å². The summed E-state index contributed by atoms with van der Waals surface area (Å²) in [5.74, 6) is -0.252. The van der Waals surface area contributed by atoms with Crippen molar-refractivity contribution in [2.45, 2.75) is 37.9 Å². The van der Waals surface area contributed by atoms with E-state index in [2.05, 4.69) is 15.0 Å². The van der Waals surface area contributed by atoms with Gasteiger partial charge in [-0.15, -0.1) is 12.4 Å². The lowest BCUT2D eigenvalue weighted by Crippen LogP contribution is -2.38. The van der Waals surface area contributed by atoms with E-state index in [1.54, 1.807) is 24.3 Å². The second-order valence-electron chi connectivity index (χ2n) is 9.90. The van der Waals surface area contributed by atoms with Crippen LogP contribution in [0, 0.1) is 5.82 Å². The van der Waals surface area contributed by atoms with Crippen LogP contribution in [0.25, 0.3) is 27.7 Å². The maximum absolute atomic E-state index is 13.8. The van der Waals surface area contributed by atoms with Gasteiger partial charge in [-0.05, 0) is 81.4 Å². The molecule has 0 N–H and O–H groups in total. The number of aromatic nitrogens is 3. The molecule has 5 aromatic rings. The van der Waals surface area contributed by atoms with Gasteiger partial charge in [0.05, 0.1) is 16.9 Å². The van der Waals surface area contributed by atoms with Gasteiger partial charge in [-0.1, -0.05) is 11.2 Å². The fraction of sp³-hybridized carbons (Fsp3) is 0.276. The van der Waals surface area contributed by atoms with Crippen molar-refractivity contribution >= 4 is 34.4 Å². The molecular weight excluding hydrogens is 548 g/mol. The predicted molar refractivity (Wildman–Crippen MR) is 146 cm³/mol. The van der Waals surface area contributed by atoms with E-state index in [1.807, 2.05) is 6.92 Å². The number of hydrogen-bond donors (Lipinski definition) is 0. The lowest BCUT2D eigenvalue weighted by atomic mass is 9.90. The molecule has 11 heteroatoms. The molecule has 3 aromatic heterocycles. The number of hydrogen-bond acceptors (Lipinski definition) is 5. The van der Waals surface area contributed by atoms with Crippen LogP contribution in [0.1, 0.15) is 48.5 Å². The van der Waals surface area contributed by atoms with E-state index in [0.29, 0.717) is 35.3 Å². The van der Waals surface area contributed by atoms with Gasteiger partial charge in [0.25, 0.3) is 5.56 Å². The van der Waals surface area contributed by atoms with E-state index in [4.69, 9.17) is 4.52 Å². The number of alkyl halides is 3. The highest BCUT2D eigenvalue weighted by Crippen LogP contribution is 2.36. The molecule has 0 saturated carbocycles. The lowest BCUT2D eigenvalue weighted by Gasteiger charge is -2.35. The average molecular weight is 573 g/mol. The Labute approximate surface area is 232 Å². The number of nitrogens with zero attached hydrogens (tertiary/aromatic N) is 4. The Bertz CT molecular complexity index is 1740. The first kappa shape index (κ1) is 27.8. The molecule has 0 radical (unpaired) electrons. The van der Waals surface area contributed by atoms with Crippen molar-refractivity contribution < 1.29 is 22.1 Å². The van der Waals surface area contributed by atoms with Gasteiger partial charge in [0.2, 0.25) is 0 Å². The molecule has 1 aliphatic heterocycles.